The fourth-order valence-electron chi connectivity index (χ4n) is 4.10. The van der Waals surface area contributed by atoms with E-state index in [1.807, 2.05) is 0 Å². The Balaban J connectivity index is 2.11. The van der Waals surface area contributed by atoms with Gasteiger partial charge in [0, 0.05) is 10.8 Å². The quantitative estimate of drug-likeness (QED) is 0.268. The third-order valence-corrected chi connectivity index (χ3v) is 5.09. The summed E-state index contributed by atoms with van der Waals surface area (Å²) in [6, 6.07) is 28.2. The van der Waals surface area contributed by atoms with Gasteiger partial charge in [0.1, 0.15) is 0 Å². The summed E-state index contributed by atoms with van der Waals surface area (Å²) in [6.45, 7) is 0. The minimum Gasteiger partial charge on any atom is -0.352 e. The Kier molecular flexibility index (Phi) is 2.12. The number of aromatic nitrogens is 2. The van der Waals surface area contributed by atoms with Crippen LogP contribution in [-0.4, -0.2) is 9.55 Å². The number of nitrogens with zero attached hydrogens (tertiary/aromatic N) is 1. The molecular weight excluding hydrogens is 292 g/mol. The van der Waals surface area contributed by atoms with E-state index in [2.05, 4.69) is 88.4 Å². The van der Waals surface area contributed by atoms with E-state index in [0.29, 0.717) is 0 Å². The Morgan fingerprint density at radius 2 is 1.38 bits per heavy atom. The Morgan fingerprint density at radius 1 is 0.583 bits per heavy atom. The molecule has 24 heavy (non-hydrogen) atoms. The van der Waals surface area contributed by atoms with Crippen LogP contribution in [-0.2, 0) is 0 Å². The zero-order chi connectivity index (χ0) is 15.7. The molecule has 0 radical (unpaired) electrons. The molecule has 112 valence electrons. The van der Waals surface area contributed by atoms with Crippen molar-refractivity contribution in [3.8, 4) is 5.69 Å². The molecule has 4 aromatic rings. The second-order valence-electron chi connectivity index (χ2n) is 6.36. The maximum Gasteiger partial charge on any atom is 0.0783 e. The molecule has 2 nitrogen and oxygen atoms in total. The van der Waals surface area contributed by atoms with Crippen molar-refractivity contribution >= 4 is 43.6 Å². The first kappa shape index (κ1) is 12.2. The van der Waals surface area contributed by atoms with E-state index in [1.165, 1.54) is 43.8 Å². The van der Waals surface area contributed by atoms with Crippen LogP contribution in [0.25, 0.3) is 49.3 Å². The lowest BCUT2D eigenvalue weighted by molar-refractivity contribution is 1.16. The molecule has 2 heteroatoms. The van der Waals surface area contributed by atoms with Crippen LogP contribution >= 0.6 is 0 Å². The lowest BCUT2D eigenvalue weighted by atomic mass is 9.97. The smallest absolute Gasteiger partial charge is 0.0783 e. The van der Waals surface area contributed by atoms with Crippen LogP contribution in [0.5, 0.6) is 0 Å². The van der Waals surface area contributed by atoms with Crippen LogP contribution in [0.1, 0.15) is 0 Å². The van der Waals surface area contributed by atoms with Gasteiger partial charge in [-0.25, -0.2) is 0 Å². The second kappa shape index (κ2) is 4.18. The molecule has 4 aromatic carbocycles. The molecular formula is C22H14N2. The van der Waals surface area contributed by atoms with Crippen molar-refractivity contribution < 1.29 is 0 Å². The molecule has 6 rings (SSSR count). The molecule has 0 spiro atoms. The van der Waals surface area contributed by atoms with Crippen molar-refractivity contribution in [2.24, 2.45) is 0 Å². The molecule has 0 saturated heterocycles. The standard InChI is InChI=1S/C22H14N2/c1-3-10-19-15(7-1)16-8-5-6-14-12-13-18-22(21(14)16)24(19)20-11-4-2-9-17(20)23-18/h1-13,23H. The molecule has 0 aromatic heterocycles. The number of pyridine rings is 1. The summed E-state index contributed by atoms with van der Waals surface area (Å²) in [5.74, 6) is 0. The van der Waals surface area contributed by atoms with Crippen molar-refractivity contribution in [1.29, 1.82) is 0 Å². The summed E-state index contributed by atoms with van der Waals surface area (Å²) < 4.78 is 2.41. The van der Waals surface area contributed by atoms with E-state index in [1.54, 1.807) is 0 Å². The summed E-state index contributed by atoms with van der Waals surface area (Å²) in [4.78, 5) is 3.61. The first-order valence-electron chi connectivity index (χ1n) is 8.23. The second-order valence-corrected chi connectivity index (χ2v) is 6.36. The number of nitrogens with one attached hydrogen (secondary N) is 1. The predicted molar refractivity (Wildman–Crippen MR) is 101 cm³/mol. The first-order chi connectivity index (χ1) is 11.9. The van der Waals surface area contributed by atoms with Crippen molar-refractivity contribution in [3.05, 3.63) is 78.9 Å². The monoisotopic (exact) mass is 306 g/mol. The van der Waals surface area contributed by atoms with Gasteiger partial charge in [0.15, 0.2) is 0 Å². The Bertz CT molecular complexity index is 1350. The van der Waals surface area contributed by atoms with Gasteiger partial charge >= 0.3 is 0 Å². The van der Waals surface area contributed by atoms with Gasteiger partial charge in [-0.1, -0.05) is 54.6 Å². The van der Waals surface area contributed by atoms with Crippen LogP contribution in [0, 0.1) is 0 Å². The number of H-pyrrole nitrogens is 1. The number of aromatic amines is 1. The molecule has 2 heterocycles. The highest BCUT2D eigenvalue weighted by Gasteiger charge is 2.18. The zero-order valence-electron chi connectivity index (χ0n) is 13.0. The van der Waals surface area contributed by atoms with Gasteiger partial charge in [-0.2, -0.15) is 0 Å². The van der Waals surface area contributed by atoms with Crippen molar-refractivity contribution in [3.63, 3.8) is 0 Å². The third kappa shape index (κ3) is 1.36. The summed E-state index contributed by atoms with van der Waals surface area (Å²) in [6.07, 6.45) is 0. The van der Waals surface area contributed by atoms with Crippen LogP contribution < -0.4 is 0 Å². The fourth-order valence-corrected chi connectivity index (χ4v) is 4.10. The van der Waals surface area contributed by atoms with Crippen LogP contribution in [0.4, 0.5) is 0 Å². The Morgan fingerprint density at radius 3 is 2.33 bits per heavy atom. The molecule has 0 amide bonds. The molecule has 0 aliphatic carbocycles. The lowest BCUT2D eigenvalue weighted by Gasteiger charge is -2.23. The van der Waals surface area contributed by atoms with Gasteiger partial charge in [0.25, 0.3) is 0 Å². The minimum absolute atomic E-state index is 1.15. The van der Waals surface area contributed by atoms with Crippen molar-refractivity contribution in [1.82, 2.24) is 9.55 Å². The molecule has 2 aliphatic heterocycles. The van der Waals surface area contributed by atoms with E-state index in [9.17, 15) is 0 Å². The zero-order valence-corrected chi connectivity index (χ0v) is 13.0. The van der Waals surface area contributed by atoms with Gasteiger partial charge in [0.05, 0.1) is 27.8 Å². The van der Waals surface area contributed by atoms with E-state index in [0.717, 1.165) is 5.52 Å². The number of benzene rings is 4. The average Bonchev–Trinajstić information content (AvgIpc) is 2.66. The number of hydrogen-bond donors (Lipinski definition) is 1. The lowest BCUT2D eigenvalue weighted by Crippen LogP contribution is -2.06. The first-order valence-corrected chi connectivity index (χ1v) is 8.23. The van der Waals surface area contributed by atoms with Gasteiger partial charge in [-0.3, -0.25) is 0 Å². The average molecular weight is 306 g/mol. The topological polar surface area (TPSA) is 20.7 Å². The largest absolute Gasteiger partial charge is 0.352 e. The van der Waals surface area contributed by atoms with Crippen molar-refractivity contribution in [2.75, 3.05) is 0 Å². The maximum absolute atomic E-state index is 3.61. The molecule has 0 fully saturated rings. The van der Waals surface area contributed by atoms with Crippen LogP contribution in [0.2, 0.25) is 0 Å². The SMILES string of the molecule is c1ccc2c(c1)[nH]c1ccc3cccc4c5ccccc5n2-c1c34. The Labute approximate surface area is 138 Å². The normalized spacial score (nSPS) is 12.2. The fraction of sp³-hybridized carbons (Fsp3) is 0. The van der Waals surface area contributed by atoms with Gasteiger partial charge < -0.3 is 9.55 Å². The molecule has 0 unspecified atom stereocenters. The third-order valence-electron chi connectivity index (χ3n) is 5.09. The highest BCUT2D eigenvalue weighted by Crippen LogP contribution is 2.40. The number of rotatable bonds is 0. The molecule has 2 aliphatic rings. The van der Waals surface area contributed by atoms with Crippen LogP contribution in [0.15, 0.2) is 78.9 Å². The van der Waals surface area contributed by atoms with Gasteiger partial charge in [-0.05, 0) is 35.0 Å². The number of hydrogen-bond acceptors (Lipinski definition) is 0. The summed E-state index contributed by atoms with van der Waals surface area (Å²) in [5, 5.41) is 5.23. The molecule has 0 atom stereocenters. The number of para-hydroxylation sites is 3. The Hall–Kier alpha value is -3.26. The summed E-state index contributed by atoms with van der Waals surface area (Å²) in [7, 11) is 0. The van der Waals surface area contributed by atoms with E-state index in [-0.39, 0.29) is 0 Å². The molecule has 0 saturated carbocycles. The van der Waals surface area contributed by atoms with Gasteiger partial charge in [0.2, 0.25) is 0 Å². The highest BCUT2D eigenvalue weighted by atomic mass is 15.0. The van der Waals surface area contributed by atoms with Crippen LogP contribution in [0.3, 0.4) is 0 Å². The molecule has 0 bridgehead atoms. The van der Waals surface area contributed by atoms with Crippen molar-refractivity contribution in [2.45, 2.75) is 0 Å². The highest BCUT2D eigenvalue weighted by molar-refractivity contribution is 6.20. The van der Waals surface area contributed by atoms with E-state index >= 15 is 0 Å². The summed E-state index contributed by atoms with van der Waals surface area (Å²) in [5.41, 5.74) is 6.04. The maximum atomic E-state index is 3.61. The predicted octanol–water partition coefficient (Wildman–Crippen LogP) is 5.86. The molecule has 1 N–H and O–H groups in total. The van der Waals surface area contributed by atoms with E-state index < -0.39 is 0 Å². The minimum atomic E-state index is 1.15. The van der Waals surface area contributed by atoms with Gasteiger partial charge in [-0.15, -0.1) is 0 Å². The van der Waals surface area contributed by atoms with E-state index in [4.69, 9.17) is 0 Å². The summed E-state index contributed by atoms with van der Waals surface area (Å²) >= 11 is 0. The number of fused-ring (bicyclic) bond motifs is 5.